The van der Waals surface area contributed by atoms with Crippen molar-refractivity contribution in [2.24, 2.45) is 5.92 Å². The standard InChI is InChI=1S/C12H24N2O/c1-9(2)10(3)14(4)12(15)11-7-5-6-8-13-11/h9-11,13H,5-8H2,1-4H3. The summed E-state index contributed by atoms with van der Waals surface area (Å²) in [5.41, 5.74) is 0. The number of nitrogens with zero attached hydrogens (tertiary/aromatic N) is 1. The van der Waals surface area contributed by atoms with Gasteiger partial charge >= 0.3 is 0 Å². The molecule has 3 nitrogen and oxygen atoms in total. The molecule has 1 aliphatic rings. The molecule has 0 aromatic carbocycles. The number of hydrogen-bond acceptors (Lipinski definition) is 2. The van der Waals surface area contributed by atoms with Crippen LogP contribution in [0.25, 0.3) is 0 Å². The van der Waals surface area contributed by atoms with E-state index >= 15 is 0 Å². The lowest BCUT2D eigenvalue weighted by molar-refractivity contribution is -0.135. The number of carbonyl (C=O) groups is 1. The summed E-state index contributed by atoms with van der Waals surface area (Å²) >= 11 is 0. The van der Waals surface area contributed by atoms with Gasteiger partial charge in [0.05, 0.1) is 6.04 Å². The minimum Gasteiger partial charge on any atom is -0.341 e. The molecule has 1 heterocycles. The van der Waals surface area contributed by atoms with Gasteiger partial charge in [-0.15, -0.1) is 0 Å². The van der Waals surface area contributed by atoms with E-state index in [2.05, 4.69) is 26.1 Å². The highest BCUT2D eigenvalue weighted by Crippen LogP contribution is 2.13. The number of likely N-dealkylation sites (N-methyl/N-ethyl adjacent to an activating group) is 1. The van der Waals surface area contributed by atoms with Gasteiger partial charge in [0.15, 0.2) is 0 Å². The Kier molecular flexibility index (Phi) is 4.58. The Balaban J connectivity index is 2.50. The van der Waals surface area contributed by atoms with Crippen molar-refractivity contribution in [3.05, 3.63) is 0 Å². The van der Waals surface area contributed by atoms with Gasteiger partial charge in [0, 0.05) is 13.1 Å². The first kappa shape index (κ1) is 12.5. The molecule has 0 spiro atoms. The van der Waals surface area contributed by atoms with Crippen molar-refractivity contribution in [2.75, 3.05) is 13.6 Å². The van der Waals surface area contributed by atoms with Crippen LogP contribution in [0, 0.1) is 5.92 Å². The summed E-state index contributed by atoms with van der Waals surface area (Å²) in [5.74, 6) is 0.776. The van der Waals surface area contributed by atoms with Gasteiger partial charge in [0.1, 0.15) is 0 Å². The molecule has 1 aliphatic heterocycles. The summed E-state index contributed by atoms with van der Waals surface area (Å²) in [6.45, 7) is 7.41. The second-order valence-electron chi connectivity index (χ2n) is 4.94. The maximum absolute atomic E-state index is 12.1. The van der Waals surface area contributed by atoms with E-state index in [1.54, 1.807) is 0 Å². The van der Waals surface area contributed by atoms with Gasteiger partial charge < -0.3 is 10.2 Å². The predicted molar refractivity (Wildman–Crippen MR) is 62.7 cm³/mol. The maximum atomic E-state index is 12.1. The van der Waals surface area contributed by atoms with Crippen LogP contribution < -0.4 is 5.32 Å². The Labute approximate surface area is 93.2 Å². The van der Waals surface area contributed by atoms with Gasteiger partial charge in [-0.3, -0.25) is 4.79 Å². The highest BCUT2D eigenvalue weighted by molar-refractivity contribution is 5.82. The molecular formula is C12H24N2O. The van der Waals surface area contributed by atoms with Crippen LogP contribution in [0.5, 0.6) is 0 Å². The Morgan fingerprint density at radius 3 is 2.47 bits per heavy atom. The fourth-order valence-corrected chi connectivity index (χ4v) is 1.96. The normalized spacial score (nSPS) is 23.9. The molecule has 1 amide bonds. The average molecular weight is 212 g/mol. The van der Waals surface area contributed by atoms with Crippen molar-refractivity contribution in [3.8, 4) is 0 Å². The number of hydrogen-bond donors (Lipinski definition) is 1. The fourth-order valence-electron chi connectivity index (χ4n) is 1.96. The fraction of sp³-hybridized carbons (Fsp3) is 0.917. The van der Waals surface area contributed by atoms with Crippen molar-refractivity contribution in [3.63, 3.8) is 0 Å². The van der Waals surface area contributed by atoms with E-state index in [0.29, 0.717) is 12.0 Å². The summed E-state index contributed by atoms with van der Waals surface area (Å²) in [7, 11) is 1.92. The molecule has 1 N–H and O–H groups in total. The molecule has 0 radical (unpaired) electrons. The van der Waals surface area contributed by atoms with Crippen LogP contribution in [0.3, 0.4) is 0 Å². The highest BCUT2D eigenvalue weighted by atomic mass is 16.2. The first-order chi connectivity index (χ1) is 7.04. The molecule has 1 saturated heterocycles. The molecule has 3 heteroatoms. The summed E-state index contributed by atoms with van der Waals surface area (Å²) < 4.78 is 0. The van der Waals surface area contributed by atoms with Gasteiger partial charge in [-0.25, -0.2) is 0 Å². The second kappa shape index (κ2) is 5.50. The minimum atomic E-state index is 0.0601. The zero-order valence-electron chi connectivity index (χ0n) is 10.4. The molecule has 0 bridgehead atoms. The largest absolute Gasteiger partial charge is 0.341 e. The molecule has 2 unspecified atom stereocenters. The summed E-state index contributed by atoms with van der Waals surface area (Å²) in [6, 6.07) is 0.381. The van der Waals surface area contributed by atoms with Crippen LogP contribution in [0.15, 0.2) is 0 Å². The molecule has 1 fully saturated rings. The molecule has 1 rings (SSSR count). The van der Waals surface area contributed by atoms with E-state index in [1.165, 1.54) is 12.8 Å². The van der Waals surface area contributed by atoms with Crippen LogP contribution >= 0.6 is 0 Å². The topological polar surface area (TPSA) is 32.3 Å². The smallest absolute Gasteiger partial charge is 0.239 e. The Morgan fingerprint density at radius 2 is 2.00 bits per heavy atom. The van der Waals surface area contributed by atoms with Crippen LogP contribution in [-0.4, -0.2) is 36.5 Å². The Hall–Kier alpha value is -0.570. The second-order valence-corrected chi connectivity index (χ2v) is 4.94. The van der Waals surface area contributed by atoms with Crippen molar-refractivity contribution < 1.29 is 4.79 Å². The molecular weight excluding hydrogens is 188 g/mol. The zero-order chi connectivity index (χ0) is 11.4. The van der Waals surface area contributed by atoms with Crippen molar-refractivity contribution >= 4 is 5.91 Å². The van der Waals surface area contributed by atoms with Gasteiger partial charge in [-0.2, -0.15) is 0 Å². The monoisotopic (exact) mass is 212 g/mol. The molecule has 0 aromatic rings. The lowest BCUT2D eigenvalue weighted by Crippen LogP contribution is -2.50. The SMILES string of the molecule is CC(C)C(C)N(C)C(=O)C1CCCCN1. The Morgan fingerprint density at radius 1 is 1.33 bits per heavy atom. The summed E-state index contributed by atoms with van der Waals surface area (Å²) in [6.07, 6.45) is 3.37. The number of piperidine rings is 1. The lowest BCUT2D eigenvalue weighted by atomic mass is 10.0. The van der Waals surface area contributed by atoms with Crippen molar-refractivity contribution in [2.45, 2.75) is 52.1 Å². The first-order valence-electron chi connectivity index (χ1n) is 6.04. The maximum Gasteiger partial charge on any atom is 0.239 e. The van der Waals surface area contributed by atoms with E-state index in [0.717, 1.165) is 13.0 Å². The van der Waals surface area contributed by atoms with E-state index in [-0.39, 0.29) is 11.9 Å². The third kappa shape index (κ3) is 3.20. The molecule has 2 atom stereocenters. The highest BCUT2D eigenvalue weighted by Gasteiger charge is 2.26. The quantitative estimate of drug-likeness (QED) is 0.771. The van der Waals surface area contributed by atoms with Crippen LogP contribution in [0.2, 0.25) is 0 Å². The molecule has 0 aromatic heterocycles. The van der Waals surface area contributed by atoms with Crippen molar-refractivity contribution in [1.29, 1.82) is 0 Å². The molecule has 0 saturated carbocycles. The zero-order valence-corrected chi connectivity index (χ0v) is 10.4. The van der Waals surface area contributed by atoms with Crippen LogP contribution in [0.4, 0.5) is 0 Å². The van der Waals surface area contributed by atoms with Crippen LogP contribution in [-0.2, 0) is 4.79 Å². The molecule has 0 aliphatic carbocycles. The van der Waals surface area contributed by atoms with E-state index in [4.69, 9.17) is 0 Å². The summed E-state index contributed by atoms with van der Waals surface area (Å²) in [5, 5.41) is 3.30. The number of nitrogens with one attached hydrogen (secondary N) is 1. The van der Waals surface area contributed by atoms with Gasteiger partial charge in [0.2, 0.25) is 5.91 Å². The average Bonchev–Trinajstić information content (AvgIpc) is 2.27. The van der Waals surface area contributed by atoms with Gasteiger partial charge in [-0.05, 0) is 32.2 Å². The summed E-state index contributed by atoms with van der Waals surface area (Å²) in [4.78, 5) is 14.0. The molecule has 88 valence electrons. The van der Waals surface area contributed by atoms with E-state index < -0.39 is 0 Å². The molecule has 15 heavy (non-hydrogen) atoms. The van der Waals surface area contributed by atoms with Crippen molar-refractivity contribution in [1.82, 2.24) is 10.2 Å². The van der Waals surface area contributed by atoms with Gasteiger partial charge in [-0.1, -0.05) is 20.3 Å². The third-order valence-electron chi connectivity index (χ3n) is 3.53. The lowest BCUT2D eigenvalue weighted by Gasteiger charge is -2.33. The number of rotatable bonds is 3. The third-order valence-corrected chi connectivity index (χ3v) is 3.53. The van der Waals surface area contributed by atoms with E-state index in [9.17, 15) is 4.79 Å². The van der Waals surface area contributed by atoms with Gasteiger partial charge in [0.25, 0.3) is 0 Å². The Bertz CT molecular complexity index is 210. The predicted octanol–water partition coefficient (Wildman–Crippen LogP) is 1.63. The minimum absolute atomic E-state index is 0.0601. The number of carbonyl (C=O) groups excluding carboxylic acids is 1. The van der Waals surface area contributed by atoms with Crippen LogP contribution in [0.1, 0.15) is 40.0 Å². The van der Waals surface area contributed by atoms with E-state index in [1.807, 2.05) is 11.9 Å². The first-order valence-corrected chi connectivity index (χ1v) is 6.04. The number of amides is 1.